The van der Waals surface area contributed by atoms with Crippen LogP contribution < -0.4 is 0 Å². The number of amides is 2. The van der Waals surface area contributed by atoms with Crippen molar-refractivity contribution in [3.8, 4) is 0 Å². The summed E-state index contributed by atoms with van der Waals surface area (Å²) >= 11 is 11.8. The van der Waals surface area contributed by atoms with E-state index in [1.807, 2.05) is 0 Å². The van der Waals surface area contributed by atoms with Gasteiger partial charge in [-0.2, -0.15) is 4.31 Å². The number of aliphatic hydroxyl groups is 1. The Labute approximate surface area is 193 Å². The maximum absolute atomic E-state index is 13.1. The molecule has 0 radical (unpaired) electrons. The van der Waals surface area contributed by atoms with Crippen molar-refractivity contribution in [3.63, 3.8) is 0 Å². The van der Waals surface area contributed by atoms with Gasteiger partial charge >= 0.3 is 5.97 Å². The van der Waals surface area contributed by atoms with Gasteiger partial charge in [-0.15, -0.1) is 0 Å². The molecule has 0 spiro atoms. The van der Waals surface area contributed by atoms with Crippen LogP contribution in [0.3, 0.4) is 0 Å². The molecule has 12 heteroatoms. The van der Waals surface area contributed by atoms with Gasteiger partial charge in [-0.3, -0.25) is 14.4 Å². The molecule has 9 nitrogen and oxygen atoms in total. The predicted molar refractivity (Wildman–Crippen MR) is 113 cm³/mol. The average Bonchev–Trinajstić information content (AvgIpc) is 3.27. The number of carbonyl (C=O) groups excluding carboxylic acids is 3. The summed E-state index contributed by atoms with van der Waals surface area (Å²) in [5.41, 5.74) is 0.377. The Hall–Kier alpha value is -2.50. The minimum Gasteiger partial charge on any atom is -0.442 e. The van der Waals surface area contributed by atoms with Crippen molar-refractivity contribution < 1.29 is 32.6 Å². The van der Waals surface area contributed by atoms with Gasteiger partial charge in [0.15, 0.2) is 6.73 Å². The minimum absolute atomic E-state index is 0.0113. The molecule has 2 amide bonds. The fourth-order valence-corrected chi connectivity index (χ4v) is 5.63. The third-order valence-corrected chi connectivity index (χ3v) is 7.83. The number of hydrogen-bond acceptors (Lipinski definition) is 7. The van der Waals surface area contributed by atoms with E-state index in [-0.39, 0.29) is 39.0 Å². The summed E-state index contributed by atoms with van der Waals surface area (Å²) in [7, 11) is -4.23. The van der Waals surface area contributed by atoms with Gasteiger partial charge in [0.2, 0.25) is 10.0 Å². The van der Waals surface area contributed by atoms with Crippen LogP contribution in [0.4, 0.5) is 0 Å². The number of esters is 1. The molecule has 4 rings (SSSR count). The van der Waals surface area contributed by atoms with Crippen molar-refractivity contribution in [3.05, 3.63) is 63.6 Å². The predicted octanol–water partition coefficient (Wildman–Crippen LogP) is 1.91. The number of aliphatic hydroxyl groups excluding tert-OH is 1. The van der Waals surface area contributed by atoms with Crippen LogP contribution in [0.5, 0.6) is 0 Å². The number of ether oxygens (including phenoxy) is 1. The van der Waals surface area contributed by atoms with Gasteiger partial charge in [0.1, 0.15) is 6.04 Å². The number of sulfonamides is 1. The van der Waals surface area contributed by atoms with E-state index in [0.29, 0.717) is 0 Å². The van der Waals surface area contributed by atoms with E-state index in [0.717, 1.165) is 15.3 Å². The molecule has 2 aromatic carbocycles. The topological polar surface area (TPSA) is 121 Å². The lowest BCUT2D eigenvalue weighted by molar-refractivity contribution is -0.150. The maximum atomic E-state index is 13.1. The van der Waals surface area contributed by atoms with E-state index < -0.39 is 46.7 Å². The number of imide groups is 1. The zero-order chi connectivity index (χ0) is 23.2. The number of hydrogen-bond donors (Lipinski definition) is 1. The third kappa shape index (κ3) is 3.89. The molecule has 1 N–H and O–H groups in total. The molecule has 0 aliphatic carbocycles. The Kier molecular flexibility index (Phi) is 5.99. The van der Waals surface area contributed by atoms with Crippen LogP contribution in [0.25, 0.3) is 0 Å². The molecule has 0 bridgehead atoms. The lowest BCUT2D eigenvalue weighted by atomic mass is 10.1. The molecule has 0 saturated carbocycles. The smallest absolute Gasteiger partial charge is 0.326 e. The van der Waals surface area contributed by atoms with Crippen LogP contribution in [0, 0.1) is 0 Å². The van der Waals surface area contributed by atoms with Crippen molar-refractivity contribution in [1.82, 2.24) is 9.21 Å². The van der Waals surface area contributed by atoms with Gasteiger partial charge in [0.25, 0.3) is 11.8 Å². The van der Waals surface area contributed by atoms with Gasteiger partial charge in [0, 0.05) is 13.0 Å². The quantitative estimate of drug-likeness (QED) is 0.493. The first-order valence-corrected chi connectivity index (χ1v) is 11.6. The summed E-state index contributed by atoms with van der Waals surface area (Å²) in [5.74, 6) is -2.24. The van der Waals surface area contributed by atoms with Crippen LogP contribution in [0.15, 0.2) is 47.4 Å². The molecule has 2 aliphatic heterocycles. The van der Waals surface area contributed by atoms with Gasteiger partial charge in [-0.25, -0.2) is 13.3 Å². The SMILES string of the molecule is O=C(OCN1C(=O)c2ccccc2C1=O)C1CC(O)CN1S(=O)(=O)c1ccc(Cl)c(Cl)c1. The molecule has 2 aromatic rings. The highest BCUT2D eigenvalue weighted by molar-refractivity contribution is 7.89. The zero-order valence-corrected chi connectivity index (χ0v) is 18.6. The molecular weight excluding hydrogens is 483 g/mol. The molecule has 32 heavy (non-hydrogen) atoms. The minimum atomic E-state index is -4.23. The van der Waals surface area contributed by atoms with E-state index in [4.69, 9.17) is 27.9 Å². The van der Waals surface area contributed by atoms with Crippen LogP contribution in [-0.2, 0) is 19.6 Å². The molecule has 2 atom stereocenters. The molecular formula is C20H16Cl2N2O7S. The molecule has 0 aromatic heterocycles. The summed E-state index contributed by atoms with van der Waals surface area (Å²) in [4.78, 5) is 38.1. The first kappa shape index (κ1) is 22.7. The second-order valence-electron chi connectivity index (χ2n) is 7.23. The van der Waals surface area contributed by atoms with Crippen LogP contribution in [0.2, 0.25) is 10.0 Å². The monoisotopic (exact) mass is 498 g/mol. The summed E-state index contributed by atoms with van der Waals surface area (Å²) in [6.45, 7) is -1.02. The molecule has 2 heterocycles. The maximum Gasteiger partial charge on any atom is 0.326 e. The number of carbonyl (C=O) groups is 3. The Bertz CT molecular complexity index is 1200. The van der Waals surface area contributed by atoms with Crippen molar-refractivity contribution >= 4 is 51.0 Å². The van der Waals surface area contributed by atoms with Crippen molar-refractivity contribution in [1.29, 1.82) is 0 Å². The highest BCUT2D eigenvalue weighted by Crippen LogP contribution is 2.31. The van der Waals surface area contributed by atoms with Gasteiger partial charge < -0.3 is 9.84 Å². The van der Waals surface area contributed by atoms with Crippen LogP contribution in [0.1, 0.15) is 27.1 Å². The zero-order valence-electron chi connectivity index (χ0n) is 16.3. The fourth-order valence-electron chi connectivity index (χ4n) is 3.62. The highest BCUT2D eigenvalue weighted by atomic mass is 35.5. The average molecular weight is 499 g/mol. The summed E-state index contributed by atoms with van der Waals surface area (Å²) in [6, 6.07) is 8.50. The van der Waals surface area contributed by atoms with E-state index in [9.17, 15) is 27.9 Å². The highest BCUT2D eigenvalue weighted by Gasteiger charge is 2.45. The summed E-state index contributed by atoms with van der Waals surface area (Å²) in [6.07, 6.45) is -1.31. The van der Waals surface area contributed by atoms with Crippen LogP contribution >= 0.6 is 23.2 Å². The lowest BCUT2D eigenvalue weighted by Gasteiger charge is -2.23. The summed E-state index contributed by atoms with van der Waals surface area (Å²) < 4.78 is 32.0. The Morgan fingerprint density at radius 3 is 2.28 bits per heavy atom. The molecule has 2 unspecified atom stereocenters. The van der Waals surface area contributed by atoms with Gasteiger partial charge in [-0.1, -0.05) is 35.3 Å². The van der Waals surface area contributed by atoms with Crippen molar-refractivity contribution in [2.75, 3.05) is 13.3 Å². The molecule has 168 valence electrons. The third-order valence-electron chi connectivity index (χ3n) is 5.22. The number of rotatable bonds is 5. The van der Waals surface area contributed by atoms with Gasteiger partial charge in [0.05, 0.1) is 32.2 Å². The van der Waals surface area contributed by atoms with Crippen molar-refractivity contribution in [2.24, 2.45) is 0 Å². The van der Waals surface area contributed by atoms with E-state index >= 15 is 0 Å². The Balaban J connectivity index is 1.51. The molecule has 1 saturated heterocycles. The Morgan fingerprint density at radius 1 is 1.06 bits per heavy atom. The lowest BCUT2D eigenvalue weighted by Crippen LogP contribution is -2.43. The van der Waals surface area contributed by atoms with Crippen molar-refractivity contribution in [2.45, 2.75) is 23.5 Å². The molecule has 2 aliphatic rings. The normalized spacial score (nSPS) is 21.2. The fraction of sp³-hybridized carbons (Fsp3) is 0.250. The first-order chi connectivity index (χ1) is 15.1. The van der Waals surface area contributed by atoms with E-state index in [1.54, 1.807) is 12.1 Å². The Morgan fingerprint density at radius 2 is 1.69 bits per heavy atom. The largest absolute Gasteiger partial charge is 0.442 e. The van der Waals surface area contributed by atoms with Gasteiger partial charge in [-0.05, 0) is 30.3 Å². The number of benzene rings is 2. The number of halogens is 2. The second kappa shape index (κ2) is 8.45. The number of fused-ring (bicyclic) bond motifs is 1. The van der Waals surface area contributed by atoms with Crippen LogP contribution in [-0.4, -0.2) is 65.9 Å². The standard InChI is InChI=1S/C20H16Cl2N2O7S/c21-15-6-5-12(8-16(15)22)32(29,30)24-9-11(25)7-17(24)20(28)31-10-23-18(26)13-3-1-2-4-14(13)19(23)27/h1-6,8,11,17,25H,7,9-10H2. The second-order valence-corrected chi connectivity index (χ2v) is 9.94. The first-order valence-electron chi connectivity index (χ1n) is 9.38. The number of β-amino-alcohol motifs (C(OH)–C–C–N with tert-alkyl or cyclic N) is 1. The van der Waals surface area contributed by atoms with E-state index in [2.05, 4.69) is 0 Å². The van der Waals surface area contributed by atoms with E-state index in [1.165, 1.54) is 24.3 Å². The summed E-state index contributed by atoms with van der Waals surface area (Å²) in [5, 5.41) is 10.2. The number of nitrogens with zero attached hydrogens (tertiary/aromatic N) is 2. The molecule has 1 fully saturated rings.